The number of nitrogens with zero attached hydrogens (tertiary/aromatic N) is 2. The number of ether oxygens (including phenoxy) is 1. The number of benzene rings is 1. The molecule has 3 heterocycles. The quantitative estimate of drug-likeness (QED) is 0.922. The van der Waals surface area contributed by atoms with Gasteiger partial charge in [-0.05, 0) is 44.7 Å². The molecule has 1 N–H and O–H groups in total. The second-order valence-corrected chi connectivity index (χ2v) is 7.72. The Bertz CT molecular complexity index is 693. The van der Waals surface area contributed by atoms with Crippen LogP contribution >= 0.6 is 11.3 Å². The first-order chi connectivity index (χ1) is 11.7. The van der Waals surface area contributed by atoms with Gasteiger partial charge in [0.15, 0.2) is 0 Å². The molecule has 2 aliphatic heterocycles. The van der Waals surface area contributed by atoms with Gasteiger partial charge in [0.2, 0.25) is 0 Å². The second kappa shape index (κ2) is 6.69. The number of para-hydroxylation sites is 1. The van der Waals surface area contributed by atoms with Crippen LogP contribution < -0.4 is 5.32 Å². The van der Waals surface area contributed by atoms with E-state index in [1.165, 1.54) is 4.70 Å². The minimum absolute atomic E-state index is 0.0137. The smallest absolute Gasteiger partial charge is 0.318 e. The lowest BCUT2D eigenvalue weighted by molar-refractivity contribution is 0.0829. The van der Waals surface area contributed by atoms with Crippen molar-refractivity contribution in [3.8, 4) is 0 Å². The van der Waals surface area contributed by atoms with Crippen LogP contribution in [0.1, 0.15) is 43.7 Å². The number of carbonyl (C=O) groups excluding carboxylic acids is 1. The summed E-state index contributed by atoms with van der Waals surface area (Å²) in [5.41, 5.74) is 1.03. The van der Waals surface area contributed by atoms with E-state index in [-0.39, 0.29) is 24.2 Å². The number of urea groups is 1. The molecule has 0 radical (unpaired) electrons. The maximum atomic E-state index is 12.7. The number of thiazole rings is 1. The Hall–Kier alpha value is -1.66. The van der Waals surface area contributed by atoms with E-state index in [0.29, 0.717) is 0 Å². The summed E-state index contributed by atoms with van der Waals surface area (Å²) in [4.78, 5) is 19.5. The van der Waals surface area contributed by atoms with E-state index in [2.05, 4.69) is 11.4 Å². The topological polar surface area (TPSA) is 54.5 Å². The summed E-state index contributed by atoms with van der Waals surface area (Å²) in [5, 5.41) is 4.19. The number of fused-ring (bicyclic) bond motifs is 1. The molecule has 2 saturated heterocycles. The highest BCUT2D eigenvalue weighted by molar-refractivity contribution is 7.18. The molecule has 3 unspecified atom stereocenters. The Morgan fingerprint density at radius 2 is 2.25 bits per heavy atom. The Kier molecular flexibility index (Phi) is 4.41. The van der Waals surface area contributed by atoms with E-state index < -0.39 is 0 Å². The Morgan fingerprint density at radius 1 is 1.38 bits per heavy atom. The zero-order valence-corrected chi connectivity index (χ0v) is 14.7. The van der Waals surface area contributed by atoms with Gasteiger partial charge in [-0.15, -0.1) is 11.3 Å². The molecule has 128 valence electrons. The highest BCUT2D eigenvalue weighted by atomic mass is 32.1. The minimum Gasteiger partial charge on any atom is -0.376 e. The first-order valence-electron chi connectivity index (χ1n) is 8.76. The fourth-order valence-electron chi connectivity index (χ4n) is 3.67. The van der Waals surface area contributed by atoms with Crippen molar-refractivity contribution < 1.29 is 9.53 Å². The third-order valence-corrected chi connectivity index (χ3v) is 6.12. The minimum atomic E-state index is 0.0137. The molecule has 2 aliphatic rings. The highest BCUT2D eigenvalue weighted by Gasteiger charge is 2.34. The number of hydrogen-bond donors (Lipinski definition) is 1. The van der Waals surface area contributed by atoms with Gasteiger partial charge in [0, 0.05) is 13.2 Å². The summed E-state index contributed by atoms with van der Waals surface area (Å²) >= 11 is 1.70. The van der Waals surface area contributed by atoms with Gasteiger partial charge in [-0.3, -0.25) is 0 Å². The van der Waals surface area contributed by atoms with E-state index in [0.717, 1.165) is 49.4 Å². The van der Waals surface area contributed by atoms with Crippen LogP contribution in [0.25, 0.3) is 10.2 Å². The van der Waals surface area contributed by atoms with Crippen molar-refractivity contribution in [3.05, 3.63) is 29.3 Å². The molecular formula is C18H23N3O2S. The van der Waals surface area contributed by atoms with Crippen LogP contribution in [0.4, 0.5) is 4.79 Å². The largest absolute Gasteiger partial charge is 0.376 e. The molecule has 0 spiro atoms. The summed E-state index contributed by atoms with van der Waals surface area (Å²) in [6.45, 7) is 3.64. The number of aromatic nitrogens is 1. The molecule has 2 fully saturated rings. The summed E-state index contributed by atoms with van der Waals surface area (Å²) in [6, 6.07) is 8.33. The third-order valence-electron chi connectivity index (χ3n) is 4.98. The monoisotopic (exact) mass is 345 g/mol. The average molecular weight is 345 g/mol. The first kappa shape index (κ1) is 15.8. The van der Waals surface area contributed by atoms with E-state index in [1.54, 1.807) is 11.3 Å². The van der Waals surface area contributed by atoms with Crippen LogP contribution in [0.2, 0.25) is 0 Å². The van der Waals surface area contributed by atoms with Crippen LogP contribution in [0.15, 0.2) is 24.3 Å². The molecule has 0 saturated carbocycles. The van der Waals surface area contributed by atoms with Crippen LogP contribution in [0, 0.1) is 0 Å². The van der Waals surface area contributed by atoms with Crippen molar-refractivity contribution in [3.63, 3.8) is 0 Å². The van der Waals surface area contributed by atoms with Crippen molar-refractivity contribution >= 4 is 27.6 Å². The number of rotatable bonds is 3. The molecule has 5 nitrogen and oxygen atoms in total. The van der Waals surface area contributed by atoms with Crippen LogP contribution in [0.5, 0.6) is 0 Å². The van der Waals surface area contributed by atoms with Crippen LogP contribution in [-0.4, -0.2) is 41.2 Å². The molecule has 0 bridgehead atoms. The van der Waals surface area contributed by atoms with E-state index in [4.69, 9.17) is 9.72 Å². The number of carbonyl (C=O) groups is 1. The predicted molar refractivity (Wildman–Crippen MR) is 95.3 cm³/mol. The maximum absolute atomic E-state index is 12.7. The van der Waals surface area contributed by atoms with Gasteiger partial charge in [0.25, 0.3) is 0 Å². The summed E-state index contributed by atoms with van der Waals surface area (Å²) in [6.07, 6.45) is 4.28. The van der Waals surface area contributed by atoms with Crippen molar-refractivity contribution in [2.75, 3.05) is 13.2 Å². The maximum Gasteiger partial charge on any atom is 0.318 e. The van der Waals surface area contributed by atoms with Gasteiger partial charge < -0.3 is 15.0 Å². The second-order valence-electron chi connectivity index (χ2n) is 6.66. The molecule has 2 amide bonds. The molecule has 1 aromatic carbocycles. The zero-order chi connectivity index (χ0) is 16.5. The van der Waals surface area contributed by atoms with Gasteiger partial charge in [-0.25, -0.2) is 9.78 Å². The van der Waals surface area contributed by atoms with Crippen molar-refractivity contribution in [2.45, 2.75) is 50.8 Å². The van der Waals surface area contributed by atoms with E-state index >= 15 is 0 Å². The SMILES string of the molecule is CC(NC(=O)N1CCCC1c1nc2ccccc2s1)C1CCCO1. The number of amides is 2. The Morgan fingerprint density at radius 3 is 3.04 bits per heavy atom. The molecule has 4 rings (SSSR count). The summed E-state index contributed by atoms with van der Waals surface area (Å²) < 4.78 is 6.87. The third kappa shape index (κ3) is 3.00. The number of hydrogen-bond acceptors (Lipinski definition) is 4. The van der Waals surface area contributed by atoms with Crippen LogP contribution in [0.3, 0.4) is 0 Å². The molecule has 24 heavy (non-hydrogen) atoms. The Labute approximate surface area is 146 Å². The normalized spacial score (nSPS) is 25.3. The molecule has 2 aromatic rings. The van der Waals surface area contributed by atoms with Gasteiger partial charge in [0.05, 0.1) is 28.4 Å². The molecule has 0 aliphatic carbocycles. The lowest BCUT2D eigenvalue weighted by Gasteiger charge is -2.27. The van der Waals surface area contributed by atoms with E-state index in [9.17, 15) is 4.79 Å². The van der Waals surface area contributed by atoms with Crippen molar-refractivity contribution in [2.24, 2.45) is 0 Å². The standard InChI is InChI=1S/C18H23N3O2S/c1-12(15-8-5-11-23-15)19-18(22)21-10-4-7-14(21)17-20-13-6-2-3-9-16(13)24-17/h2-3,6,9,12,14-15H,4-5,7-8,10-11H2,1H3,(H,19,22). The summed E-state index contributed by atoms with van der Waals surface area (Å²) in [5.74, 6) is 0. The first-order valence-corrected chi connectivity index (χ1v) is 9.58. The van der Waals surface area contributed by atoms with Crippen LogP contribution in [-0.2, 0) is 4.74 Å². The van der Waals surface area contributed by atoms with Gasteiger partial charge in [-0.2, -0.15) is 0 Å². The fourth-order valence-corrected chi connectivity index (χ4v) is 4.78. The van der Waals surface area contributed by atoms with Crippen molar-refractivity contribution in [1.29, 1.82) is 0 Å². The fraction of sp³-hybridized carbons (Fsp3) is 0.556. The molecule has 1 aromatic heterocycles. The van der Waals surface area contributed by atoms with E-state index in [1.807, 2.05) is 30.0 Å². The van der Waals surface area contributed by atoms with Gasteiger partial charge in [0.1, 0.15) is 5.01 Å². The van der Waals surface area contributed by atoms with Crippen molar-refractivity contribution in [1.82, 2.24) is 15.2 Å². The highest BCUT2D eigenvalue weighted by Crippen LogP contribution is 2.36. The number of nitrogens with one attached hydrogen (secondary N) is 1. The number of likely N-dealkylation sites (tertiary alicyclic amines) is 1. The predicted octanol–water partition coefficient (Wildman–Crippen LogP) is 3.71. The average Bonchev–Trinajstić information content (AvgIpc) is 3.32. The summed E-state index contributed by atoms with van der Waals surface area (Å²) in [7, 11) is 0. The zero-order valence-electron chi connectivity index (χ0n) is 13.9. The molecule has 6 heteroatoms. The molecular weight excluding hydrogens is 322 g/mol. The molecule has 3 atom stereocenters. The van der Waals surface area contributed by atoms with Gasteiger partial charge >= 0.3 is 6.03 Å². The lowest BCUT2D eigenvalue weighted by Crippen LogP contribution is -2.47. The van der Waals surface area contributed by atoms with Gasteiger partial charge in [-0.1, -0.05) is 12.1 Å². The Balaban J connectivity index is 1.48. The lowest BCUT2D eigenvalue weighted by atomic mass is 10.1.